The van der Waals surface area contributed by atoms with Crippen LogP contribution in [0.5, 0.6) is 0 Å². The highest BCUT2D eigenvalue weighted by atomic mass is 16.6. The average Bonchev–Trinajstić information content (AvgIpc) is 2.74. The van der Waals surface area contributed by atoms with E-state index in [1.54, 1.807) is 0 Å². The number of aliphatic imine (C=N–C) groups is 1. The molecule has 8 N–H and O–H groups in total. The van der Waals surface area contributed by atoms with E-state index in [4.69, 9.17) is 11.5 Å². The first-order valence-electron chi connectivity index (χ1n) is 9.91. The van der Waals surface area contributed by atoms with Crippen LogP contribution in [0, 0.1) is 20.2 Å². The molecule has 16 heteroatoms. The Hall–Kier alpha value is -4.50. The number of carbonyl (C=O) groups excluding carboxylic acids is 2. The van der Waals surface area contributed by atoms with E-state index in [9.17, 15) is 39.7 Å². The van der Waals surface area contributed by atoms with Gasteiger partial charge in [-0.3, -0.25) is 34.8 Å². The first kappa shape index (κ1) is 27.5. The largest absolute Gasteiger partial charge is 0.480 e. The number of anilines is 1. The highest BCUT2D eigenvalue weighted by molar-refractivity contribution is 5.92. The number of carboxylic acid groups (broad SMARTS) is 1. The van der Waals surface area contributed by atoms with Gasteiger partial charge in [0, 0.05) is 12.6 Å². The van der Waals surface area contributed by atoms with Gasteiger partial charge in [-0.2, -0.15) is 0 Å². The minimum Gasteiger partial charge on any atom is -0.480 e. The normalized spacial score (nSPS) is 13.0. The van der Waals surface area contributed by atoms with Crippen LogP contribution in [0.15, 0.2) is 23.2 Å². The third-order valence-corrected chi connectivity index (χ3v) is 4.47. The van der Waals surface area contributed by atoms with E-state index in [2.05, 4.69) is 20.9 Å². The Labute approximate surface area is 193 Å². The second kappa shape index (κ2) is 12.5. The molecule has 0 fully saturated rings. The fourth-order valence-electron chi connectivity index (χ4n) is 2.67. The number of aliphatic carboxylic acids is 1. The first-order valence-corrected chi connectivity index (χ1v) is 9.91. The summed E-state index contributed by atoms with van der Waals surface area (Å²) >= 11 is 0. The van der Waals surface area contributed by atoms with Crippen molar-refractivity contribution in [3.05, 3.63) is 38.4 Å². The van der Waals surface area contributed by atoms with E-state index < -0.39 is 57.1 Å². The van der Waals surface area contributed by atoms with Gasteiger partial charge in [-0.25, -0.2) is 4.79 Å². The lowest BCUT2D eigenvalue weighted by Crippen LogP contribution is -2.52. The summed E-state index contributed by atoms with van der Waals surface area (Å²) in [6.45, 7) is 2.85. The van der Waals surface area contributed by atoms with Crippen LogP contribution >= 0.6 is 0 Å². The molecule has 0 aliphatic rings. The first-order chi connectivity index (χ1) is 15.8. The molecular formula is C18H26N8O8. The molecule has 0 heterocycles. The van der Waals surface area contributed by atoms with E-state index in [0.717, 1.165) is 18.2 Å². The van der Waals surface area contributed by atoms with E-state index in [-0.39, 0.29) is 31.0 Å². The number of nitrogens with two attached hydrogens (primary N) is 2. The van der Waals surface area contributed by atoms with Crippen molar-refractivity contribution in [3.63, 3.8) is 0 Å². The minimum atomic E-state index is -1.28. The molecule has 1 rings (SSSR count). The highest BCUT2D eigenvalue weighted by Crippen LogP contribution is 2.29. The van der Waals surface area contributed by atoms with Crippen molar-refractivity contribution < 1.29 is 29.3 Å². The topological polar surface area (TPSA) is 258 Å². The van der Waals surface area contributed by atoms with Crippen molar-refractivity contribution in [3.8, 4) is 0 Å². The van der Waals surface area contributed by atoms with E-state index in [1.807, 2.05) is 0 Å². The predicted molar refractivity (Wildman–Crippen MR) is 120 cm³/mol. The second-order valence-electron chi connectivity index (χ2n) is 7.16. The molecule has 0 bridgehead atoms. The molecule has 0 aliphatic heterocycles. The van der Waals surface area contributed by atoms with Gasteiger partial charge in [-0.05, 0) is 32.8 Å². The number of nitro groups is 2. The van der Waals surface area contributed by atoms with Crippen LogP contribution in [0.4, 0.5) is 17.1 Å². The molecule has 34 heavy (non-hydrogen) atoms. The van der Waals surface area contributed by atoms with Crippen molar-refractivity contribution in [2.75, 3.05) is 11.9 Å². The fraction of sp³-hybridized carbons (Fsp3) is 0.444. The lowest BCUT2D eigenvalue weighted by Gasteiger charge is -2.21. The molecule has 0 aromatic heterocycles. The molecule has 16 nitrogen and oxygen atoms in total. The summed E-state index contributed by atoms with van der Waals surface area (Å²) in [7, 11) is 0. The zero-order chi connectivity index (χ0) is 26.0. The lowest BCUT2D eigenvalue weighted by molar-refractivity contribution is -0.393. The standard InChI is InChI=1S/C18H26N8O8/c1-9(22-12-6-5-11(25(31)32)8-14(12)26(33)34)15(27)23-10(2)16(28)24-13(17(29)30)4-3-7-21-18(19)20/h5-6,8-10,13,22H,3-4,7H2,1-2H3,(H,23,27)(H,24,28)(H,29,30)(H4,19,20,21)/t9-,10-,13-/m0/s1. The molecule has 0 spiro atoms. The summed E-state index contributed by atoms with van der Waals surface area (Å²) in [4.78, 5) is 60.3. The number of carbonyl (C=O) groups is 3. The van der Waals surface area contributed by atoms with Crippen molar-refractivity contribution >= 4 is 40.8 Å². The van der Waals surface area contributed by atoms with Crippen LogP contribution in [-0.2, 0) is 14.4 Å². The summed E-state index contributed by atoms with van der Waals surface area (Å²) in [5, 5.41) is 38.6. The maximum absolute atomic E-state index is 12.4. The number of nitrogens with one attached hydrogen (secondary N) is 3. The molecule has 1 aromatic rings. The molecule has 0 radical (unpaired) electrons. The summed E-state index contributed by atoms with van der Waals surface area (Å²) in [6, 6.07) is -0.569. The maximum Gasteiger partial charge on any atom is 0.326 e. The fourth-order valence-corrected chi connectivity index (χ4v) is 2.67. The zero-order valence-electron chi connectivity index (χ0n) is 18.4. The maximum atomic E-state index is 12.4. The number of carboxylic acids is 1. The van der Waals surface area contributed by atoms with Crippen LogP contribution in [-0.4, -0.2) is 63.4 Å². The SMILES string of the molecule is C[C@H](NC(=O)[C@H](C)Nc1ccc([N+](=O)[O-])cc1[N+](=O)[O-])C(=O)N[C@@H](CCCN=C(N)N)C(=O)O. The monoisotopic (exact) mass is 482 g/mol. The summed E-state index contributed by atoms with van der Waals surface area (Å²) in [6.07, 6.45) is 0.325. The second-order valence-corrected chi connectivity index (χ2v) is 7.16. The summed E-state index contributed by atoms with van der Waals surface area (Å²) < 4.78 is 0. The number of nitrogens with zero attached hydrogens (tertiary/aromatic N) is 3. The van der Waals surface area contributed by atoms with E-state index >= 15 is 0 Å². The van der Waals surface area contributed by atoms with Crippen LogP contribution in [0.2, 0.25) is 0 Å². The predicted octanol–water partition coefficient (Wildman–Crippen LogP) is -0.569. The van der Waals surface area contributed by atoms with Crippen LogP contribution in [0.25, 0.3) is 0 Å². The molecule has 0 saturated carbocycles. The van der Waals surface area contributed by atoms with Gasteiger partial charge >= 0.3 is 5.97 Å². The number of nitro benzene ring substituents is 2. The Morgan fingerprint density at radius 1 is 1.06 bits per heavy atom. The van der Waals surface area contributed by atoms with Crippen LogP contribution in [0.3, 0.4) is 0 Å². The Balaban J connectivity index is 2.75. The quantitative estimate of drug-likeness (QED) is 0.0681. The van der Waals surface area contributed by atoms with Gasteiger partial charge in [0.2, 0.25) is 11.8 Å². The summed E-state index contributed by atoms with van der Waals surface area (Å²) in [5.74, 6) is -2.92. The molecule has 0 saturated heterocycles. The molecule has 186 valence electrons. The van der Waals surface area contributed by atoms with Crippen LogP contribution in [0.1, 0.15) is 26.7 Å². The number of amides is 2. The number of non-ortho nitro benzene ring substituents is 1. The minimum absolute atomic E-state index is 0.0420. The van der Waals surface area contributed by atoms with Crippen molar-refractivity contribution in [1.29, 1.82) is 0 Å². The lowest BCUT2D eigenvalue weighted by atomic mass is 10.1. The number of rotatable bonds is 13. The van der Waals surface area contributed by atoms with Gasteiger partial charge in [0.15, 0.2) is 5.96 Å². The summed E-state index contributed by atoms with van der Waals surface area (Å²) in [5.41, 5.74) is 9.13. The van der Waals surface area contributed by atoms with Gasteiger partial charge in [0.1, 0.15) is 23.8 Å². The van der Waals surface area contributed by atoms with Gasteiger partial charge in [-0.15, -0.1) is 0 Å². The molecule has 1 aromatic carbocycles. The highest BCUT2D eigenvalue weighted by Gasteiger charge is 2.26. The molecule has 0 unspecified atom stereocenters. The van der Waals surface area contributed by atoms with Crippen molar-refractivity contribution in [2.45, 2.75) is 44.8 Å². The molecular weight excluding hydrogens is 456 g/mol. The van der Waals surface area contributed by atoms with Gasteiger partial charge < -0.3 is 32.5 Å². The third kappa shape index (κ3) is 8.56. The third-order valence-electron chi connectivity index (χ3n) is 4.47. The number of benzene rings is 1. The van der Waals surface area contributed by atoms with E-state index in [1.165, 1.54) is 13.8 Å². The Bertz CT molecular complexity index is 979. The van der Waals surface area contributed by atoms with Gasteiger partial charge in [0.05, 0.1) is 15.9 Å². The van der Waals surface area contributed by atoms with Crippen molar-refractivity contribution in [1.82, 2.24) is 10.6 Å². The average molecular weight is 482 g/mol. The smallest absolute Gasteiger partial charge is 0.326 e. The van der Waals surface area contributed by atoms with E-state index in [0.29, 0.717) is 0 Å². The Morgan fingerprint density at radius 2 is 1.68 bits per heavy atom. The Morgan fingerprint density at radius 3 is 2.21 bits per heavy atom. The Kier molecular flexibility index (Phi) is 10.1. The van der Waals surface area contributed by atoms with Crippen molar-refractivity contribution in [2.24, 2.45) is 16.5 Å². The van der Waals surface area contributed by atoms with Gasteiger partial charge in [-0.1, -0.05) is 0 Å². The van der Waals surface area contributed by atoms with Crippen LogP contribution < -0.4 is 27.4 Å². The zero-order valence-corrected chi connectivity index (χ0v) is 18.4. The number of guanidine groups is 1. The number of hydrogen-bond donors (Lipinski definition) is 6. The molecule has 3 atom stereocenters. The number of hydrogen-bond acceptors (Lipinski definition) is 9. The van der Waals surface area contributed by atoms with Gasteiger partial charge in [0.25, 0.3) is 11.4 Å². The molecule has 0 aliphatic carbocycles. The molecule has 2 amide bonds.